The highest BCUT2D eigenvalue weighted by molar-refractivity contribution is 8.14. The van der Waals surface area contributed by atoms with Gasteiger partial charge in [0.25, 0.3) is 0 Å². The Morgan fingerprint density at radius 3 is 2.69 bits per heavy atom. The number of aryl methyl sites for hydroxylation is 1. The fourth-order valence-corrected chi connectivity index (χ4v) is 3.25. The number of benzene rings is 2. The Hall–Kier alpha value is -2.77. The van der Waals surface area contributed by atoms with Crippen molar-refractivity contribution in [2.45, 2.75) is 6.92 Å². The van der Waals surface area contributed by atoms with E-state index in [9.17, 15) is 4.79 Å². The molecule has 0 atom stereocenters. The van der Waals surface area contributed by atoms with Gasteiger partial charge in [0.2, 0.25) is 17.0 Å². The molecular weight excluding hydrogens is 408 g/mol. The Balaban J connectivity index is 1.62. The normalized spacial score (nSPS) is 13.4. The lowest BCUT2D eigenvalue weighted by atomic mass is 10.2. The predicted octanol–water partition coefficient (Wildman–Crippen LogP) is 4.57. The maximum Gasteiger partial charge on any atom is 0.234 e. The van der Waals surface area contributed by atoms with Crippen LogP contribution in [0.5, 0.6) is 5.75 Å². The van der Waals surface area contributed by atoms with Crippen LogP contribution in [-0.2, 0) is 4.79 Å². The summed E-state index contributed by atoms with van der Waals surface area (Å²) in [6, 6.07) is 14.7. The molecule has 3 rings (SSSR count). The van der Waals surface area contributed by atoms with Crippen LogP contribution in [-0.4, -0.2) is 40.8 Å². The zero-order valence-corrected chi connectivity index (χ0v) is 17.5. The minimum Gasteiger partial charge on any atom is -0.441 e. The second kappa shape index (κ2) is 10.1. The lowest BCUT2D eigenvalue weighted by Gasteiger charge is -2.23. The molecule has 29 heavy (non-hydrogen) atoms. The van der Waals surface area contributed by atoms with Crippen molar-refractivity contribution >= 4 is 46.0 Å². The van der Waals surface area contributed by atoms with E-state index >= 15 is 0 Å². The van der Waals surface area contributed by atoms with Crippen molar-refractivity contribution in [3.8, 4) is 5.75 Å². The number of hydrazone groups is 1. The van der Waals surface area contributed by atoms with E-state index in [0.29, 0.717) is 34.9 Å². The van der Waals surface area contributed by atoms with Gasteiger partial charge in [-0.05, 0) is 43.3 Å². The molecule has 0 bridgehead atoms. The van der Waals surface area contributed by atoms with E-state index < -0.39 is 0 Å². The Kier molecular flexibility index (Phi) is 7.32. The second-order valence-corrected chi connectivity index (χ2v) is 7.66. The first-order valence-electron chi connectivity index (χ1n) is 8.96. The minimum atomic E-state index is -0.127. The molecule has 1 N–H and O–H groups in total. The average Bonchev–Trinajstić information content (AvgIpc) is 2.70. The molecular formula is C21H21ClN4O2S. The van der Waals surface area contributed by atoms with Gasteiger partial charge in [0, 0.05) is 10.7 Å². The van der Waals surface area contributed by atoms with Crippen molar-refractivity contribution in [2.75, 3.05) is 24.2 Å². The van der Waals surface area contributed by atoms with E-state index in [1.165, 1.54) is 11.8 Å². The molecule has 0 fully saturated rings. The molecule has 0 radical (unpaired) electrons. The number of halogens is 1. The van der Waals surface area contributed by atoms with Crippen LogP contribution in [0.25, 0.3) is 0 Å². The number of amides is 1. The number of carbonyl (C=O) groups is 1. The van der Waals surface area contributed by atoms with Crippen LogP contribution in [0.1, 0.15) is 5.56 Å². The topological polar surface area (TPSA) is 66.3 Å². The van der Waals surface area contributed by atoms with Gasteiger partial charge in [-0.3, -0.25) is 9.80 Å². The number of amidine groups is 1. The minimum absolute atomic E-state index is 0.127. The van der Waals surface area contributed by atoms with Gasteiger partial charge in [-0.1, -0.05) is 47.1 Å². The number of carbonyl (C=O) groups excluding carboxylic acids is 1. The van der Waals surface area contributed by atoms with Gasteiger partial charge in [0.05, 0.1) is 12.3 Å². The Morgan fingerprint density at radius 1 is 1.28 bits per heavy atom. The molecule has 2 aromatic carbocycles. The number of nitrogens with one attached hydrogen (secondary N) is 1. The van der Waals surface area contributed by atoms with Crippen LogP contribution >= 0.6 is 23.4 Å². The lowest BCUT2D eigenvalue weighted by Crippen LogP contribution is -2.33. The molecule has 1 aliphatic rings. The van der Waals surface area contributed by atoms with Crippen LogP contribution < -0.4 is 10.1 Å². The highest BCUT2D eigenvalue weighted by Crippen LogP contribution is 2.19. The summed E-state index contributed by atoms with van der Waals surface area (Å²) in [7, 11) is 0. The largest absolute Gasteiger partial charge is 0.441 e. The first-order chi connectivity index (χ1) is 14.0. The van der Waals surface area contributed by atoms with Crippen molar-refractivity contribution < 1.29 is 9.53 Å². The molecule has 0 aromatic heterocycles. The fraction of sp³-hybridized carbons (Fsp3) is 0.190. The quantitative estimate of drug-likeness (QED) is 0.684. The van der Waals surface area contributed by atoms with Crippen molar-refractivity contribution in [3.63, 3.8) is 0 Å². The third-order valence-corrected chi connectivity index (χ3v) is 4.91. The Bertz CT molecular complexity index is 927. The molecule has 150 valence electrons. The number of hydrogen-bond acceptors (Lipinski definition) is 6. The highest BCUT2D eigenvalue weighted by Gasteiger charge is 2.18. The number of aliphatic imine (C=N–C) groups is 1. The summed E-state index contributed by atoms with van der Waals surface area (Å²) in [5.41, 5.74) is 1.90. The van der Waals surface area contributed by atoms with E-state index in [2.05, 4.69) is 22.0 Å². The zero-order chi connectivity index (χ0) is 20.6. The zero-order valence-electron chi connectivity index (χ0n) is 16.0. The molecule has 8 heteroatoms. The van der Waals surface area contributed by atoms with Crippen LogP contribution in [0.3, 0.4) is 0 Å². The van der Waals surface area contributed by atoms with Crippen molar-refractivity contribution in [1.82, 2.24) is 5.01 Å². The van der Waals surface area contributed by atoms with Gasteiger partial charge < -0.3 is 10.1 Å². The van der Waals surface area contributed by atoms with E-state index in [1.807, 2.05) is 31.2 Å². The number of rotatable bonds is 6. The van der Waals surface area contributed by atoms with Gasteiger partial charge in [0.1, 0.15) is 12.3 Å². The van der Waals surface area contributed by atoms with Crippen molar-refractivity contribution in [3.05, 3.63) is 71.8 Å². The molecule has 2 aromatic rings. The number of ether oxygens (including phenoxy) is 1. The number of anilines is 1. The number of thioether (sulfide) groups is 1. The van der Waals surface area contributed by atoms with Crippen LogP contribution in [0.2, 0.25) is 5.02 Å². The lowest BCUT2D eigenvalue weighted by molar-refractivity contribution is -0.113. The van der Waals surface area contributed by atoms with Crippen LogP contribution in [0.4, 0.5) is 5.69 Å². The third kappa shape index (κ3) is 6.66. The van der Waals surface area contributed by atoms with Gasteiger partial charge in [0.15, 0.2) is 0 Å². The highest BCUT2D eigenvalue weighted by atomic mass is 35.5. The monoisotopic (exact) mass is 428 g/mol. The molecule has 1 heterocycles. The van der Waals surface area contributed by atoms with Gasteiger partial charge in [-0.25, -0.2) is 0 Å². The van der Waals surface area contributed by atoms with Crippen LogP contribution in [0.15, 0.2) is 71.3 Å². The molecule has 0 spiro atoms. The Labute approximate surface area is 179 Å². The van der Waals surface area contributed by atoms with Crippen molar-refractivity contribution in [1.29, 1.82) is 0 Å². The third-order valence-electron chi connectivity index (χ3n) is 3.82. The Morgan fingerprint density at radius 2 is 2.00 bits per heavy atom. The number of nitrogens with zero attached hydrogens (tertiary/aromatic N) is 3. The summed E-state index contributed by atoms with van der Waals surface area (Å²) in [6.07, 6.45) is 1.75. The van der Waals surface area contributed by atoms with Gasteiger partial charge >= 0.3 is 0 Å². The molecule has 0 saturated carbocycles. The second-order valence-electron chi connectivity index (χ2n) is 6.28. The van der Waals surface area contributed by atoms with Gasteiger partial charge in [-0.2, -0.15) is 4.99 Å². The van der Waals surface area contributed by atoms with E-state index in [4.69, 9.17) is 16.3 Å². The summed E-state index contributed by atoms with van der Waals surface area (Å²) < 4.78 is 5.85. The first kappa shape index (κ1) is 21.0. The summed E-state index contributed by atoms with van der Waals surface area (Å²) in [4.78, 5) is 16.7. The summed E-state index contributed by atoms with van der Waals surface area (Å²) in [5.74, 6) is 1.19. The van der Waals surface area contributed by atoms with E-state index in [-0.39, 0.29) is 11.7 Å². The summed E-state index contributed by atoms with van der Waals surface area (Å²) in [5, 5.41) is 10.2. The molecule has 1 amide bonds. The van der Waals surface area contributed by atoms with Gasteiger partial charge in [-0.15, -0.1) is 11.7 Å². The number of hydrogen-bond donors (Lipinski definition) is 1. The molecule has 0 aliphatic carbocycles. The smallest absolute Gasteiger partial charge is 0.234 e. The summed E-state index contributed by atoms with van der Waals surface area (Å²) >= 11 is 7.16. The molecule has 0 saturated heterocycles. The first-order valence-corrected chi connectivity index (χ1v) is 10.3. The maximum absolute atomic E-state index is 12.2. The predicted molar refractivity (Wildman–Crippen MR) is 121 cm³/mol. The SMILES string of the molecule is C=CCN1CC(Oc2ccc(Cl)cc2)=NC(SCC(=O)Nc2ccc(C)cc2)=N1. The summed E-state index contributed by atoms with van der Waals surface area (Å²) in [6.45, 7) is 6.70. The molecule has 6 nitrogen and oxygen atoms in total. The molecule has 1 aliphatic heterocycles. The maximum atomic E-state index is 12.2. The van der Waals surface area contributed by atoms with Crippen molar-refractivity contribution in [2.24, 2.45) is 10.1 Å². The van der Waals surface area contributed by atoms with E-state index in [1.54, 1.807) is 35.4 Å². The van der Waals surface area contributed by atoms with Crippen LogP contribution in [0, 0.1) is 6.92 Å². The fourth-order valence-electron chi connectivity index (χ4n) is 2.45. The van der Waals surface area contributed by atoms with E-state index in [0.717, 1.165) is 11.3 Å². The molecule has 0 unspecified atom stereocenters. The average molecular weight is 429 g/mol. The standard InChI is InChI=1S/C21H21ClN4O2S/c1-3-12-26-13-20(28-18-10-6-16(22)7-11-18)24-21(25-26)29-14-19(27)23-17-8-4-15(2)5-9-17/h3-11H,1,12-14H2,2H3,(H,23,27).